The molecule has 0 aliphatic carbocycles. The third kappa shape index (κ3) is 3.69. The molecule has 2 aromatic carbocycles. The largest absolute Gasteiger partial charge is 0.573 e. The van der Waals surface area contributed by atoms with E-state index in [1.807, 2.05) is 36.4 Å². The first-order chi connectivity index (χ1) is 11.0. The number of nitrogens with zero attached hydrogens (tertiary/aromatic N) is 1. The smallest absolute Gasteiger partial charge is 0.405 e. The van der Waals surface area contributed by atoms with Gasteiger partial charge in [-0.1, -0.05) is 48.5 Å². The van der Waals surface area contributed by atoms with Crippen molar-refractivity contribution in [1.29, 1.82) is 0 Å². The molecule has 0 amide bonds. The van der Waals surface area contributed by atoms with Gasteiger partial charge in [0.25, 0.3) is 0 Å². The monoisotopic (exact) mass is 315 g/mol. The fraction of sp³-hybridized carbons (Fsp3) is 0.0556. The molecule has 0 bridgehead atoms. The average Bonchev–Trinajstić information content (AvgIpc) is 2.55. The summed E-state index contributed by atoms with van der Waals surface area (Å²) >= 11 is 0. The lowest BCUT2D eigenvalue weighted by molar-refractivity contribution is -0.274. The summed E-state index contributed by atoms with van der Waals surface area (Å²) in [5, 5.41) is 0. The molecular formula is C18H12F3NO. The van der Waals surface area contributed by atoms with Crippen molar-refractivity contribution in [2.75, 3.05) is 0 Å². The van der Waals surface area contributed by atoms with Gasteiger partial charge in [-0.2, -0.15) is 0 Å². The molecule has 3 aromatic rings. The molecule has 0 aliphatic heterocycles. The Morgan fingerprint density at radius 3 is 2.09 bits per heavy atom. The fourth-order valence-corrected chi connectivity index (χ4v) is 2.25. The van der Waals surface area contributed by atoms with E-state index in [4.69, 9.17) is 0 Å². The molecular weight excluding hydrogens is 303 g/mol. The van der Waals surface area contributed by atoms with Crippen molar-refractivity contribution < 1.29 is 17.9 Å². The van der Waals surface area contributed by atoms with Crippen LogP contribution in [0.5, 0.6) is 5.75 Å². The van der Waals surface area contributed by atoms with E-state index in [-0.39, 0.29) is 5.75 Å². The molecule has 0 saturated carbocycles. The van der Waals surface area contributed by atoms with Crippen LogP contribution < -0.4 is 4.74 Å². The summed E-state index contributed by atoms with van der Waals surface area (Å²) in [4.78, 5) is 4.46. The number of hydrogen-bond donors (Lipinski definition) is 0. The second kappa shape index (κ2) is 6.12. The molecule has 0 saturated heterocycles. The molecule has 0 N–H and O–H groups in total. The highest BCUT2D eigenvalue weighted by atomic mass is 19.4. The van der Waals surface area contributed by atoms with E-state index in [0.717, 1.165) is 5.56 Å². The van der Waals surface area contributed by atoms with Crippen molar-refractivity contribution in [2.24, 2.45) is 0 Å². The van der Waals surface area contributed by atoms with Gasteiger partial charge < -0.3 is 4.74 Å². The molecule has 1 aromatic heterocycles. The zero-order valence-electron chi connectivity index (χ0n) is 11.9. The van der Waals surface area contributed by atoms with Crippen LogP contribution in [0.15, 0.2) is 72.8 Å². The van der Waals surface area contributed by atoms with E-state index in [2.05, 4.69) is 9.72 Å². The number of ether oxygens (including phenoxy) is 1. The minimum atomic E-state index is -4.74. The second-order valence-corrected chi connectivity index (χ2v) is 4.82. The number of para-hydroxylation sites is 1. The Hall–Kier alpha value is -2.82. The highest BCUT2D eigenvalue weighted by Crippen LogP contribution is 2.33. The summed E-state index contributed by atoms with van der Waals surface area (Å²) < 4.78 is 41.7. The maximum atomic E-state index is 12.5. The molecule has 116 valence electrons. The molecule has 0 unspecified atom stereocenters. The van der Waals surface area contributed by atoms with E-state index in [1.165, 1.54) is 12.1 Å². The molecule has 1 heterocycles. The normalized spacial score (nSPS) is 11.3. The lowest BCUT2D eigenvalue weighted by Crippen LogP contribution is -2.17. The van der Waals surface area contributed by atoms with Gasteiger partial charge in [0.05, 0.1) is 11.4 Å². The lowest BCUT2D eigenvalue weighted by atomic mass is 10.1. The minimum absolute atomic E-state index is 0.266. The molecule has 3 rings (SSSR count). The molecule has 0 atom stereocenters. The Morgan fingerprint density at radius 1 is 0.696 bits per heavy atom. The van der Waals surface area contributed by atoms with Crippen LogP contribution >= 0.6 is 0 Å². The summed E-state index contributed by atoms with van der Waals surface area (Å²) in [5.74, 6) is -0.266. The summed E-state index contributed by atoms with van der Waals surface area (Å²) in [6.45, 7) is 0. The first-order valence-electron chi connectivity index (χ1n) is 6.90. The van der Waals surface area contributed by atoms with Crippen LogP contribution in [0, 0.1) is 0 Å². The summed E-state index contributed by atoms with van der Waals surface area (Å²) in [6.07, 6.45) is -4.74. The van der Waals surface area contributed by atoms with Crippen molar-refractivity contribution in [3.8, 4) is 28.3 Å². The third-order valence-corrected chi connectivity index (χ3v) is 3.21. The van der Waals surface area contributed by atoms with Crippen molar-refractivity contribution in [1.82, 2.24) is 4.98 Å². The van der Waals surface area contributed by atoms with Gasteiger partial charge in [0.1, 0.15) is 5.75 Å². The van der Waals surface area contributed by atoms with Gasteiger partial charge in [0.2, 0.25) is 0 Å². The molecule has 5 heteroatoms. The van der Waals surface area contributed by atoms with Gasteiger partial charge in [-0.25, -0.2) is 4.98 Å². The first-order valence-corrected chi connectivity index (χ1v) is 6.90. The van der Waals surface area contributed by atoms with Gasteiger partial charge in [0.15, 0.2) is 0 Å². The third-order valence-electron chi connectivity index (χ3n) is 3.21. The van der Waals surface area contributed by atoms with Crippen molar-refractivity contribution >= 4 is 0 Å². The van der Waals surface area contributed by atoms with Crippen LogP contribution in [-0.2, 0) is 0 Å². The Morgan fingerprint density at radius 2 is 1.35 bits per heavy atom. The van der Waals surface area contributed by atoms with Gasteiger partial charge in [0, 0.05) is 11.1 Å². The first kappa shape index (κ1) is 15.1. The van der Waals surface area contributed by atoms with Crippen molar-refractivity contribution in [2.45, 2.75) is 6.36 Å². The quantitative estimate of drug-likeness (QED) is 0.653. The molecule has 0 spiro atoms. The topological polar surface area (TPSA) is 22.1 Å². The number of pyridine rings is 1. The highest BCUT2D eigenvalue weighted by Gasteiger charge is 2.32. The predicted octanol–water partition coefficient (Wildman–Crippen LogP) is 5.31. The molecule has 2 nitrogen and oxygen atoms in total. The predicted molar refractivity (Wildman–Crippen MR) is 81.8 cm³/mol. The Balaban J connectivity index is 2.03. The van der Waals surface area contributed by atoms with E-state index < -0.39 is 6.36 Å². The Labute approximate surface area is 131 Å². The fourth-order valence-electron chi connectivity index (χ4n) is 2.25. The number of benzene rings is 2. The lowest BCUT2D eigenvalue weighted by Gasteiger charge is -2.13. The van der Waals surface area contributed by atoms with Crippen LogP contribution in [0.3, 0.4) is 0 Å². The van der Waals surface area contributed by atoms with Gasteiger partial charge in [-0.3, -0.25) is 0 Å². The summed E-state index contributed by atoms with van der Waals surface area (Å²) in [5.41, 5.74) is 2.29. The highest BCUT2D eigenvalue weighted by molar-refractivity contribution is 5.70. The van der Waals surface area contributed by atoms with Crippen LogP contribution in [0.2, 0.25) is 0 Å². The van der Waals surface area contributed by atoms with E-state index >= 15 is 0 Å². The van der Waals surface area contributed by atoms with Crippen molar-refractivity contribution in [3.63, 3.8) is 0 Å². The number of alkyl halides is 3. The zero-order chi connectivity index (χ0) is 16.3. The maximum Gasteiger partial charge on any atom is 0.573 e. The van der Waals surface area contributed by atoms with Gasteiger partial charge >= 0.3 is 6.36 Å². The minimum Gasteiger partial charge on any atom is -0.405 e. The molecule has 0 fully saturated rings. The molecule has 0 radical (unpaired) electrons. The van der Waals surface area contributed by atoms with Crippen LogP contribution in [-0.4, -0.2) is 11.3 Å². The van der Waals surface area contributed by atoms with Crippen LogP contribution in [0.1, 0.15) is 0 Å². The number of hydrogen-bond acceptors (Lipinski definition) is 2. The van der Waals surface area contributed by atoms with Crippen molar-refractivity contribution in [3.05, 3.63) is 72.8 Å². The summed E-state index contributed by atoms with van der Waals surface area (Å²) in [6, 6.07) is 20.6. The van der Waals surface area contributed by atoms with Crippen LogP contribution in [0.25, 0.3) is 22.5 Å². The molecule has 0 aliphatic rings. The van der Waals surface area contributed by atoms with Gasteiger partial charge in [-0.05, 0) is 24.3 Å². The summed E-state index contributed by atoms with van der Waals surface area (Å²) in [7, 11) is 0. The molecule has 23 heavy (non-hydrogen) atoms. The number of halogens is 3. The zero-order valence-corrected chi connectivity index (χ0v) is 11.9. The van der Waals surface area contributed by atoms with E-state index in [9.17, 15) is 13.2 Å². The SMILES string of the molecule is FC(F)(F)Oc1ccccc1-c1cccc(-c2ccccc2)n1. The maximum absolute atomic E-state index is 12.5. The Kier molecular flexibility index (Phi) is 4.02. The standard InChI is InChI=1S/C18H12F3NO/c19-18(20,21)23-17-12-5-4-9-14(17)16-11-6-10-15(22-16)13-7-2-1-3-8-13/h1-12H. The van der Waals surface area contributed by atoms with E-state index in [0.29, 0.717) is 17.0 Å². The number of aromatic nitrogens is 1. The van der Waals surface area contributed by atoms with Gasteiger partial charge in [-0.15, -0.1) is 13.2 Å². The second-order valence-electron chi connectivity index (χ2n) is 4.82. The average molecular weight is 315 g/mol. The van der Waals surface area contributed by atoms with Crippen LogP contribution in [0.4, 0.5) is 13.2 Å². The Bertz CT molecular complexity index is 801. The number of rotatable bonds is 3. The van der Waals surface area contributed by atoms with E-state index in [1.54, 1.807) is 24.3 Å².